The minimum Gasteiger partial charge on any atom is -0.493 e. The monoisotopic (exact) mass is 436 g/mol. The summed E-state index contributed by atoms with van der Waals surface area (Å²) in [4.78, 5) is 16.3. The largest absolute Gasteiger partial charge is 0.493 e. The van der Waals surface area contributed by atoms with Gasteiger partial charge in [-0.3, -0.25) is 4.79 Å². The maximum absolute atomic E-state index is 13.1. The molecule has 3 aromatic rings. The second-order valence-electron chi connectivity index (χ2n) is 7.56. The number of carbonyl (C=O) groups is 1. The normalized spacial score (nSPS) is 16.7. The van der Waals surface area contributed by atoms with Crippen LogP contribution in [-0.4, -0.2) is 32.3 Å². The van der Waals surface area contributed by atoms with Gasteiger partial charge in [0, 0.05) is 28.6 Å². The number of para-hydroxylation sites is 1. The number of thiophene rings is 1. The molecule has 0 fully saturated rings. The zero-order chi connectivity index (χ0) is 21.0. The summed E-state index contributed by atoms with van der Waals surface area (Å²) < 4.78 is 17.1. The molecule has 1 atom stereocenters. The molecule has 0 aliphatic carbocycles. The van der Waals surface area contributed by atoms with Crippen LogP contribution in [0, 0.1) is 0 Å². The quantitative estimate of drug-likeness (QED) is 0.629. The van der Waals surface area contributed by atoms with Gasteiger partial charge in [0.25, 0.3) is 0 Å². The lowest BCUT2D eigenvalue weighted by atomic mass is 10.0. The van der Waals surface area contributed by atoms with Crippen LogP contribution in [0.3, 0.4) is 0 Å². The zero-order valence-electron chi connectivity index (χ0n) is 17.1. The number of carbonyl (C=O) groups excluding carboxylic acids is 1. The van der Waals surface area contributed by atoms with Gasteiger partial charge >= 0.3 is 0 Å². The Morgan fingerprint density at radius 2 is 1.81 bits per heavy atom. The molecular weight excluding hydrogens is 412 g/mol. The Balaban J connectivity index is 1.34. The highest BCUT2D eigenvalue weighted by Crippen LogP contribution is 2.35. The summed E-state index contributed by atoms with van der Waals surface area (Å²) in [5.41, 5.74) is 1.96. The number of amides is 1. The Bertz CT molecular complexity index is 1050. The molecule has 0 saturated carbocycles. The van der Waals surface area contributed by atoms with Crippen molar-refractivity contribution in [3.05, 3.63) is 70.4 Å². The molecule has 3 heterocycles. The Morgan fingerprint density at radius 1 is 0.968 bits per heavy atom. The maximum atomic E-state index is 13.1. The van der Waals surface area contributed by atoms with Gasteiger partial charge in [0.1, 0.15) is 19.0 Å². The molecule has 0 bridgehead atoms. The first-order chi connectivity index (χ1) is 15.3. The highest BCUT2D eigenvalue weighted by Gasteiger charge is 2.24. The third-order valence-electron chi connectivity index (χ3n) is 5.45. The zero-order valence-corrected chi connectivity index (χ0v) is 17.9. The minimum absolute atomic E-state index is 0.0202. The van der Waals surface area contributed by atoms with Gasteiger partial charge < -0.3 is 24.4 Å². The Kier molecular flexibility index (Phi) is 5.67. The first kappa shape index (κ1) is 19.8. The first-order valence-corrected chi connectivity index (χ1v) is 11.3. The fraction of sp³-hybridized carbons (Fsp3) is 0.292. The summed E-state index contributed by atoms with van der Waals surface area (Å²) in [7, 11) is 0. The average Bonchev–Trinajstić information content (AvgIpc) is 3.32. The fourth-order valence-electron chi connectivity index (χ4n) is 3.96. The molecule has 2 aliphatic rings. The summed E-state index contributed by atoms with van der Waals surface area (Å²) in [6.07, 6.45) is 0.762. The van der Waals surface area contributed by atoms with Crippen molar-refractivity contribution >= 4 is 22.9 Å². The van der Waals surface area contributed by atoms with E-state index in [2.05, 4.69) is 21.7 Å². The minimum atomic E-state index is -0.0405. The van der Waals surface area contributed by atoms with E-state index in [1.54, 1.807) is 11.3 Å². The van der Waals surface area contributed by atoms with Crippen molar-refractivity contribution < 1.29 is 19.0 Å². The van der Waals surface area contributed by atoms with Crippen LogP contribution in [0.1, 0.15) is 22.9 Å². The van der Waals surface area contributed by atoms with Crippen LogP contribution in [0.5, 0.6) is 17.2 Å². The summed E-state index contributed by atoms with van der Waals surface area (Å²) in [6, 6.07) is 17.8. The Hall–Kier alpha value is -3.19. The average molecular weight is 437 g/mol. The van der Waals surface area contributed by atoms with E-state index in [0.29, 0.717) is 26.4 Å². The van der Waals surface area contributed by atoms with Gasteiger partial charge in [-0.1, -0.05) is 24.3 Å². The molecule has 1 amide bonds. The molecule has 7 heteroatoms. The molecule has 31 heavy (non-hydrogen) atoms. The van der Waals surface area contributed by atoms with Crippen molar-refractivity contribution in [2.45, 2.75) is 19.0 Å². The number of rotatable bonds is 6. The first-order valence-electron chi connectivity index (χ1n) is 10.4. The van der Waals surface area contributed by atoms with Crippen LogP contribution in [0.15, 0.2) is 60.0 Å². The number of anilines is 1. The van der Waals surface area contributed by atoms with Crippen molar-refractivity contribution in [2.75, 3.05) is 31.3 Å². The number of hydrogen-bond acceptors (Lipinski definition) is 6. The van der Waals surface area contributed by atoms with Crippen LogP contribution in [-0.2, 0) is 11.3 Å². The highest BCUT2D eigenvalue weighted by molar-refractivity contribution is 7.09. The van der Waals surface area contributed by atoms with Crippen LogP contribution in [0.25, 0.3) is 0 Å². The van der Waals surface area contributed by atoms with E-state index in [0.717, 1.165) is 34.9 Å². The number of fused-ring (bicyclic) bond motifs is 2. The van der Waals surface area contributed by atoms with Gasteiger partial charge in [-0.2, -0.15) is 0 Å². The topological polar surface area (TPSA) is 60.0 Å². The van der Waals surface area contributed by atoms with Crippen LogP contribution in [0.2, 0.25) is 0 Å². The number of benzene rings is 2. The Labute approximate surface area is 185 Å². The lowest BCUT2D eigenvalue weighted by Crippen LogP contribution is -2.40. The van der Waals surface area contributed by atoms with Gasteiger partial charge in [0.2, 0.25) is 5.91 Å². The van der Waals surface area contributed by atoms with Crippen LogP contribution < -0.4 is 24.4 Å². The molecule has 2 aromatic carbocycles. The molecule has 5 rings (SSSR count). The van der Waals surface area contributed by atoms with Crippen molar-refractivity contribution in [3.8, 4) is 17.2 Å². The molecule has 0 radical (unpaired) electrons. The third-order valence-corrected chi connectivity index (χ3v) is 6.31. The van der Waals surface area contributed by atoms with E-state index in [4.69, 9.17) is 14.2 Å². The number of ether oxygens (including phenoxy) is 3. The van der Waals surface area contributed by atoms with E-state index in [1.165, 1.54) is 4.88 Å². The van der Waals surface area contributed by atoms with Crippen molar-refractivity contribution in [1.29, 1.82) is 0 Å². The Morgan fingerprint density at radius 3 is 2.68 bits per heavy atom. The number of nitrogens with zero attached hydrogens (tertiary/aromatic N) is 1. The summed E-state index contributed by atoms with van der Waals surface area (Å²) in [5, 5.41) is 5.26. The van der Waals surface area contributed by atoms with Gasteiger partial charge in [-0.25, -0.2) is 0 Å². The van der Waals surface area contributed by atoms with Crippen molar-refractivity contribution in [1.82, 2.24) is 5.32 Å². The molecule has 0 spiro atoms. The van der Waals surface area contributed by atoms with E-state index < -0.39 is 0 Å². The van der Waals surface area contributed by atoms with Gasteiger partial charge in [-0.15, -0.1) is 11.3 Å². The van der Waals surface area contributed by atoms with E-state index in [1.807, 2.05) is 48.5 Å². The summed E-state index contributed by atoms with van der Waals surface area (Å²) >= 11 is 1.68. The SMILES string of the molecule is O=C(CN(Cc1cccs1)c1ccc2c(c1)OCCO2)NC1CCOc2ccccc21. The number of hydrogen-bond donors (Lipinski definition) is 1. The standard InChI is InChI=1S/C24H24N2O4S/c27-24(25-20-9-10-28-21-6-2-1-5-19(20)21)16-26(15-18-4-3-13-31-18)17-7-8-22-23(14-17)30-12-11-29-22/h1-8,13-14,20H,9-12,15-16H2,(H,25,27). The summed E-state index contributed by atoms with van der Waals surface area (Å²) in [5.74, 6) is 2.29. The number of nitrogens with one attached hydrogen (secondary N) is 1. The lowest BCUT2D eigenvalue weighted by Gasteiger charge is -2.29. The molecule has 0 saturated heterocycles. The molecule has 1 aromatic heterocycles. The summed E-state index contributed by atoms with van der Waals surface area (Å²) in [6.45, 7) is 2.58. The van der Waals surface area contributed by atoms with Crippen molar-refractivity contribution in [2.24, 2.45) is 0 Å². The second-order valence-corrected chi connectivity index (χ2v) is 8.59. The smallest absolute Gasteiger partial charge is 0.240 e. The van der Waals surface area contributed by atoms with E-state index in [9.17, 15) is 4.79 Å². The van der Waals surface area contributed by atoms with E-state index in [-0.39, 0.29) is 18.5 Å². The molecule has 1 unspecified atom stereocenters. The van der Waals surface area contributed by atoms with Gasteiger partial charge in [-0.05, 0) is 29.6 Å². The molecule has 160 valence electrons. The fourth-order valence-corrected chi connectivity index (χ4v) is 4.68. The molecule has 1 N–H and O–H groups in total. The second kappa shape index (κ2) is 8.89. The predicted octanol–water partition coefficient (Wildman–Crippen LogP) is 4.17. The van der Waals surface area contributed by atoms with Crippen LogP contribution >= 0.6 is 11.3 Å². The van der Waals surface area contributed by atoms with Gasteiger partial charge in [0.05, 0.1) is 25.7 Å². The van der Waals surface area contributed by atoms with Crippen molar-refractivity contribution in [3.63, 3.8) is 0 Å². The molecule has 6 nitrogen and oxygen atoms in total. The molecule has 2 aliphatic heterocycles. The van der Waals surface area contributed by atoms with Gasteiger partial charge in [0.15, 0.2) is 11.5 Å². The lowest BCUT2D eigenvalue weighted by molar-refractivity contribution is -0.120. The van der Waals surface area contributed by atoms with Crippen LogP contribution in [0.4, 0.5) is 5.69 Å². The molecular formula is C24H24N2O4S. The third kappa shape index (κ3) is 4.46. The van der Waals surface area contributed by atoms with E-state index >= 15 is 0 Å². The maximum Gasteiger partial charge on any atom is 0.240 e. The highest BCUT2D eigenvalue weighted by atomic mass is 32.1. The predicted molar refractivity (Wildman–Crippen MR) is 120 cm³/mol.